The van der Waals surface area contributed by atoms with E-state index >= 15 is 0 Å². The molecule has 0 unspecified atom stereocenters. The molecule has 218 valence electrons. The standard InChI is InChI=1S/C33H32ClF2N3O3/c1-5-12-39(13-6-2)32(42)24-17-23(18-26(34)19-24)31(41)38-29(16-22-14-27(35)20-28(36)15-22)30(40)21-37-33(3,4)25-10-8-7-9-11-25/h1-2,7-11,14-15,17-20,29-30,37,40H,12-13,16,21H2,3-4H3,(H,38,41)/t29-,30+/m0/s1. The molecule has 3 N–H and O–H groups in total. The summed E-state index contributed by atoms with van der Waals surface area (Å²) in [5.74, 6) is 2.00. The molecule has 0 aromatic heterocycles. The van der Waals surface area contributed by atoms with Gasteiger partial charge in [0, 0.05) is 34.3 Å². The van der Waals surface area contributed by atoms with Crippen LogP contribution in [0.25, 0.3) is 0 Å². The maximum atomic E-state index is 14.0. The predicted molar refractivity (Wildman–Crippen MR) is 160 cm³/mol. The Morgan fingerprint density at radius 1 is 0.976 bits per heavy atom. The molecule has 0 saturated heterocycles. The molecule has 0 radical (unpaired) electrons. The van der Waals surface area contributed by atoms with Gasteiger partial charge in [0.2, 0.25) is 0 Å². The topological polar surface area (TPSA) is 81.7 Å². The average molecular weight is 592 g/mol. The van der Waals surface area contributed by atoms with Gasteiger partial charge in [0.05, 0.1) is 25.2 Å². The van der Waals surface area contributed by atoms with E-state index in [1.807, 2.05) is 44.2 Å². The van der Waals surface area contributed by atoms with Gasteiger partial charge in [-0.05, 0) is 61.7 Å². The van der Waals surface area contributed by atoms with Crippen LogP contribution in [0.4, 0.5) is 8.78 Å². The number of hydrogen-bond donors (Lipinski definition) is 3. The van der Waals surface area contributed by atoms with Crippen LogP contribution in [0, 0.1) is 36.3 Å². The van der Waals surface area contributed by atoms with E-state index in [0.717, 1.165) is 23.8 Å². The summed E-state index contributed by atoms with van der Waals surface area (Å²) >= 11 is 6.24. The quantitative estimate of drug-likeness (QED) is 0.270. The van der Waals surface area contributed by atoms with Crippen LogP contribution in [0.1, 0.15) is 45.7 Å². The zero-order valence-electron chi connectivity index (χ0n) is 23.3. The number of hydrogen-bond acceptors (Lipinski definition) is 4. The highest BCUT2D eigenvalue weighted by molar-refractivity contribution is 6.31. The molecule has 0 aliphatic rings. The monoisotopic (exact) mass is 591 g/mol. The van der Waals surface area contributed by atoms with Crippen LogP contribution in [0.3, 0.4) is 0 Å². The fourth-order valence-corrected chi connectivity index (χ4v) is 4.66. The second kappa shape index (κ2) is 14.6. The van der Waals surface area contributed by atoms with Gasteiger partial charge in [0.15, 0.2) is 0 Å². The van der Waals surface area contributed by atoms with E-state index in [0.29, 0.717) is 0 Å². The molecule has 0 spiro atoms. The Morgan fingerprint density at radius 3 is 2.17 bits per heavy atom. The molecule has 9 heteroatoms. The Morgan fingerprint density at radius 2 is 1.57 bits per heavy atom. The van der Waals surface area contributed by atoms with E-state index in [1.165, 1.54) is 23.1 Å². The van der Waals surface area contributed by atoms with E-state index in [4.69, 9.17) is 24.4 Å². The zero-order valence-corrected chi connectivity index (χ0v) is 24.1. The molecule has 0 aliphatic carbocycles. The van der Waals surface area contributed by atoms with Gasteiger partial charge in [0.25, 0.3) is 11.8 Å². The second-order valence-corrected chi connectivity index (χ2v) is 10.7. The first-order chi connectivity index (χ1) is 19.9. The SMILES string of the molecule is C#CCN(CC#C)C(=O)c1cc(Cl)cc(C(=O)N[C@@H](Cc2cc(F)cc(F)c2)[C@H](O)CNC(C)(C)c2ccccc2)c1. The molecule has 6 nitrogen and oxygen atoms in total. The van der Waals surface area contributed by atoms with E-state index in [2.05, 4.69) is 22.5 Å². The van der Waals surface area contributed by atoms with Crippen molar-refractivity contribution in [2.75, 3.05) is 19.6 Å². The fourth-order valence-electron chi connectivity index (χ4n) is 4.42. The molecule has 0 fully saturated rings. The lowest BCUT2D eigenvalue weighted by atomic mass is 9.93. The minimum absolute atomic E-state index is 0.0346. The normalized spacial score (nSPS) is 12.5. The molecule has 0 saturated carbocycles. The largest absolute Gasteiger partial charge is 0.390 e. The summed E-state index contributed by atoms with van der Waals surface area (Å²) in [5.41, 5.74) is 0.804. The maximum absolute atomic E-state index is 14.0. The van der Waals surface area contributed by atoms with Crippen molar-refractivity contribution in [1.82, 2.24) is 15.5 Å². The van der Waals surface area contributed by atoms with Crippen molar-refractivity contribution in [2.45, 2.75) is 38.0 Å². The van der Waals surface area contributed by atoms with Gasteiger partial charge in [-0.15, -0.1) is 12.8 Å². The highest BCUT2D eigenvalue weighted by atomic mass is 35.5. The highest BCUT2D eigenvalue weighted by Gasteiger charge is 2.27. The third kappa shape index (κ3) is 8.89. The molecule has 0 aliphatic heterocycles. The van der Waals surface area contributed by atoms with Gasteiger partial charge in [0.1, 0.15) is 11.6 Å². The predicted octanol–water partition coefficient (Wildman–Crippen LogP) is 4.55. The van der Waals surface area contributed by atoms with Gasteiger partial charge < -0.3 is 20.6 Å². The van der Waals surface area contributed by atoms with Crippen LogP contribution in [0.15, 0.2) is 66.7 Å². The molecular weight excluding hydrogens is 560 g/mol. The van der Waals surface area contributed by atoms with Crippen molar-refractivity contribution in [1.29, 1.82) is 0 Å². The maximum Gasteiger partial charge on any atom is 0.255 e. The molecule has 3 rings (SSSR count). The first kappa shape index (κ1) is 32.3. The number of carbonyl (C=O) groups excluding carboxylic acids is 2. The number of benzene rings is 3. The minimum atomic E-state index is -1.18. The van der Waals surface area contributed by atoms with Gasteiger partial charge in [-0.2, -0.15) is 0 Å². The Kier molecular flexibility index (Phi) is 11.2. The molecule has 2 atom stereocenters. The average Bonchev–Trinajstić information content (AvgIpc) is 2.94. The van der Waals surface area contributed by atoms with Gasteiger partial charge >= 0.3 is 0 Å². The first-order valence-electron chi connectivity index (χ1n) is 13.1. The van der Waals surface area contributed by atoms with Crippen molar-refractivity contribution >= 4 is 23.4 Å². The lowest BCUT2D eigenvalue weighted by molar-refractivity contribution is 0.0796. The number of nitrogens with zero attached hydrogens (tertiary/aromatic N) is 1. The van der Waals surface area contributed by atoms with Crippen LogP contribution >= 0.6 is 11.6 Å². The lowest BCUT2D eigenvalue weighted by Crippen LogP contribution is -2.51. The van der Waals surface area contributed by atoms with Gasteiger partial charge in [-0.3, -0.25) is 9.59 Å². The van der Waals surface area contributed by atoms with Crippen LogP contribution in [0.5, 0.6) is 0 Å². The Hall–Kier alpha value is -4.21. The van der Waals surface area contributed by atoms with Crippen LogP contribution < -0.4 is 10.6 Å². The third-order valence-corrected chi connectivity index (χ3v) is 6.88. The van der Waals surface area contributed by atoms with Gasteiger partial charge in [-0.1, -0.05) is 53.8 Å². The summed E-state index contributed by atoms with van der Waals surface area (Å²) in [6.07, 6.45) is 9.45. The van der Waals surface area contributed by atoms with Crippen LogP contribution in [-0.4, -0.2) is 53.6 Å². The number of aliphatic hydroxyl groups excluding tert-OH is 1. The molecule has 0 bridgehead atoms. The van der Waals surface area contributed by atoms with Crippen molar-refractivity contribution in [3.05, 3.63) is 106 Å². The molecule has 3 aromatic rings. The number of aliphatic hydroxyl groups is 1. The van der Waals surface area contributed by atoms with Crippen LogP contribution in [0.2, 0.25) is 5.02 Å². The smallest absolute Gasteiger partial charge is 0.255 e. The van der Waals surface area contributed by atoms with Gasteiger partial charge in [-0.25, -0.2) is 8.78 Å². The van der Waals surface area contributed by atoms with E-state index in [1.54, 1.807) is 0 Å². The number of carbonyl (C=O) groups is 2. The van der Waals surface area contributed by atoms with Crippen molar-refractivity contribution in [3.63, 3.8) is 0 Å². The minimum Gasteiger partial charge on any atom is -0.390 e. The number of halogens is 3. The summed E-state index contributed by atoms with van der Waals surface area (Å²) in [7, 11) is 0. The summed E-state index contributed by atoms with van der Waals surface area (Å²) in [6, 6.07) is 15.7. The summed E-state index contributed by atoms with van der Waals surface area (Å²) in [4.78, 5) is 27.7. The van der Waals surface area contributed by atoms with E-state index < -0.39 is 41.1 Å². The number of nitrogens with one attached hydrogen (secondary N) is 2. The zero-order chi connectivity index (χ0) is 30.9. The number of amides is 2. The Labute approximate surface area is 250 Å². The molecular formula is C33H32ClF2N3O3. The molecule has 42 heavy (non-hydrogen) atoms. The molecule has 3 aromatic carbocycles. The Balaban J connectivity index is 1.87. The fraction of sp³-hybridized carbons (Fsp3) is 0.273. The third-order valence-electron chi connectivity index (χ3n) is 6.67. The number of rotatable bonds is 12. The van der Waals surface area contributed by atoms with E-state index in [-0.39, 0.29) is 47.8 Å². The van der Waals surface area contributed by atoms with Crippen molar-refractivity contribution in [2.24, 2.45) is 0 Å². The summed E-state index contributed by atoms with van der Waals surface area (Å²) in [5, 5.41) is 17.4. The van der Waals surface area contributed by atoms with E-state index in [9.17, 15) is 23.5 Å². The highest BCUT2D eigenvalue weighted by Crippen LogP contribution is 2.21. The number of terminal acetylenes is 2. The lowest BCUT2D eigenvalue weighted by Gasteiger charge is -2.31. The van der Waals surface area contributed by atoms with Crippen LogP contribution in [-0.2, 0) is 12.0 Å². The molecule has 0 heterocycles. The van der Waals surface area contributed by atoms with Crippen molar-refractivity contribution < 1.29 is 23.5 Å². The van der Waals surface area contributed by atoms with Crippen molar-refractivity contribution in [3.8, 4) is 24.7 Å². The molecule has 2 amide bonds. The first-order valence-corrected chi connectivity index (χ1v) is 13.5. The summed E-state index contributed by atoms with van der Waals surface area (Å²) < 4.78 is 27.9. The summed E-state index contributed by atoms with van der Waals surface area (Å²) in [6.45, 7) is 3.85. The Bertz CT molecular complexity index is 1460. The second-order valence-electron chi connectivity index (χ2n) is 10.3.